The number of carbonyl (C=O) groups is 2. The molecule has 0 saturated carbocycles. The Morgan fingerprint density at radius 1 is 1.24 bits per heavy atom. The van der Waals surface area contributed by atoms with Gasteiger partial charge in [0.15, 0.2) is 0 Å². The number of halogens is 3. The Hall–Kier alpha value is -0.780. The minimum absolute atomic E-state index is 0.0128. The molecule has 7 heteroatoms. The van der Waals surface area contributed by atoms with Crippen LogP contribution in [0.5, 0.6) is 0 Å². The molecule has 1 aliphatic rings. The van der Waals surface area contributed by atoms with Crippen LogP contribution in [0.2, 0.25) is 10.0 Å². The Kier molecular flexibility index (Phi) is 4.85. The van der Waals surface area contributed by atoms with Crippen LogP contribution >= 0.6 is 39.1 Å². The Morgan fingerprint density at radius 3 is 2.43 bits per heavy atom. The molecule has 0 bridgehead atoms. The van der Waals surface area contributed by atoms with Crippen molar-refractivity contribution < 1.29 is 9.59 Å². The number of carbonyl (C=O) groups excluding carboxylic acids is 2. The van der Waals surface area contributed by atoms with Gasteiger partial charge in [0.2, 0.25) is 5.91 Å². The monoisotopic (exact) mass is 392 g/mol. The van der Waals surface area contributed by atoms with Crippen LogP contribution in [0.4, 0.5) is 5.69 Å². The third kappa shape index (κ3) is 2.91. The first-order chi connectivity index (χ1) is 9.75. The van der Waals surface area contributed by atoms with Crippen LogP contribution in [-0.4, -0.2) is 23.9 Å². The highest BCUT2D eigenvalue weighted by atomic mass is 79.9. The Labute approximate surface area is 141 Å². The molecule has 0 spiro atoms. The fourth-order valence-electron chi connectivity index (χ4n) is 2.27. The van der Waals surface area contributed by atoms with Gasteiger partial charge in [-0.15, -0.1) is 0 Å². The molecular formula is C14H15BrCl2N2O2. The van der Waals surface area contributed by atoms with Crippen LogP contribution in [-0.2, 0) is 9.59 Å². The van der Waals surface area contributed by atoms with E-state index in [0.717, 1.165) is 0 Å². The second kappa shape index (κ2) is 6.15. The van der Waals surface area contributed by atoms with Crippen LogP contribution < -0.4 is 10.2 Å². The Bertz CT molecular complexity index is 607. The molecule has 0 aliphatic carbocycles. The number of nitrogens with zero attached hydrogens (tertiary/aromatic N) is 1. The molecule has 0 radical (unpaired) electrons. The van der Waals surface area contributed by atoms with Crippen LogP contribution in [0.25, 0.3) is 0 Å². The first kappa shape index (κ1) is 16.6. The first-order valence-electron chi connectivity index (χ1n) is 6.52. The number of benzene rings is 1. The zero-order valence-corrected chi connectivity index (χ0v) is 14.9. The van der Waals surface area contributed by atoms with Gasteiger partial charge in [-0.1, -0.05) is 37.0 Å². The van der Waals surface area contributed by atoms with Gasteiger partial charge in [0, 0.05) is 4.47 Å². The number of piperazine rings is 1. The van der Waals surface area contributed by atoms with E-state index < -0.39 is 12.1 Å². The maximum atomic E-state index is 12.7. The molecule has 114 valence electrons. The summed E-state index contributed by atoms with van der Waals surface area (Å²) in [5.74, 6) is -0.401. The molecule has 1 aliphatic heterocycles. The van der Waals surface area contributed by atoms with E-state index in [9.17, 15) is 9.59 Å². The normalized spacial score (nSPS) is 22.7. The molecule has 2 rings (SSSR count). The fraction of sp³-hybridized carbons (Fsp3) is 0.429. The van der Waals surface area contributed by atoms with Gasteiger partial charge in [-0.3, -0.25) is 14.5 Å². The van der Waals surface area contributed by atoms with Crippen LogP contribution in [0.15, 0.2) is 16.6 Å². The van der Waals surface area contributed by atoms with E-state index in [1.807, 2.05) is 13.8 Å². The average molecular weight is 394 g/mol. The minimum atomic E-state index is -0.637. The third-order valence-corrected chi connectivity index (χ3v) is 5.27. The van der Waals surface area contributed by atoms with E-state index in [1.54, 1.807) is 19.1 Å². The minimum Gasteiger partial charge on any atom is -0.342 e. The van der Waals surface area contributed by atoms with E-state index in [-0.39, 0.29) is 22.8 Å². The van der Waals surface area contributed by atoms with Gasteiger partial charge in [-0.25, -0.2) is 0 Å². The number of hydrogen-bond donors (Lipinski definition) is 1. The van der Waals surface area contributed by atoms with Gasteiger partial charge in [0.1, 0.15) is 12.1 Å². The van der Waals surface area contributed by atoms with E-state index in [2.05, 4.69) is 21.2 Å². The lowest BCUT2D eigenvalue weighted by atomic mass is 9.98. The van der Waals surface area contributed by atoms with Crippen molar-refractivity contribution in [3.05, 3.63) is 26.7 Å². The molecule has 1 heterocycles. The average Bonchev–Trinajstić information content (AvgIpc) is 2.42. The van der Waals surface area contributed by atoms with Crippen molar-refractivity contribution in [2.45, 2.75) is 32.9 Å². The van der Waals surface area contributed by atoms with Crippen molar-refractivity contribution in [2.75, 3.05) is 4.90 Å². The summed E-state index contributed by atoms with van der Waals surface area (Å²) in [6.07, 6.45) is 0. The molecule has 2 amide bonds. The highest BCUT2D eigenvalue weighted by Gasteiger charge is 2.41. The van der Waals surface area contributed by atoms with E-state index in [1.165, 1.54) is 4.90 Å². The summed E-state index contributed by atoms with van der Waals surface area (Å²) in [5.41, 5.74) is 0.447. The molecule has 1 aromatic rings. The molecule has 1 fully saturated rings. The number of rotatable bonds is 2. The molecule has 0 aromatic heterocycles. The molecule has 2 atom stereocenters. The number of amides is 2. The van der Waals surface area contributed by atoms with Gasteiger partial charge in [-0.2, -0.15) is 0 Å². The van der Waals surface area contributed by atoms with Crippen molar-refractivity contribution in [2.24, 2.45) is 5.92 Å². The summed E-state index contributed by atoms with van der Waals surface area (Å²) in [6, 6.07) is 2.19. The Balaban J connectivity index is 2.52. The van der Waals surface area contributed by atoms with Crippen LogP contribution in [0.1, 0.15) is 20.8 Å². The summed E-state index contributed by atoms with van der Waals surface area (Å²) in [4.78, 5) is 26.2. The van der Waals surface area contributed by atoms with Crippen molar-refractivity contribution in [1.82, 2.24) is 5.32 Å². The highest BCUT2D eigenvalue weighted by molar-refractivity contribution is 9.10. The molecule has 1 aromatic carbocycles. The summed E-state index contributed by atoms with van der Waals surface area (Å²) in [5, 5.41) is 3.32. The summed E-state index contributed by atoms with van der Waals surface area (Å²) < 4.78 is 0.639. The van der Waals surface area contributed by atoms with Crippen molar-refractivity contribution in [3.63, 3.8) is 0 Å². The second-order valence-corrected chi connectivity index (χ2v) is 6.92. The largest absolute Gasteiger partial charge is 0.342 e. The van der Waals surface area contributed by atoms with Gasteiger partial charge in [0.25, 0.3) is 5.91 Å². The van der Waals surface area contributed by atoms with Gasteiger partial charge >= 0.3 is 0 Å². The fourth-order valence-corrected chi connectivity index (χ4v) is 3.13. The molecular weight excluding hydrogens is 379 g/mol. The maximum absolute atomic E-state index is 12.7. The van der Waals surface area contributed by atoms with E-state index in [0.29, 0.717) is 15.2 Å². The first-order valence-corrected chi connectivity index (χ1v) is 8.07. The zero-order chi connectivity index (χ0) is 15.9. The predicted octanol–water partition coefficient (Wildman–Crippen LogP) is 3.63. The molecule has 1 saturated heterocycles. The number of anilines is 1. The van der Waals surface area contributed by atoms with Crippen molar-refractivity contribution in [1.29, 1.82) is 0 Å². The van der Waals surface area contributed by atoms with Crippen LogP contribution in [0, 0.1) is 5.92 Å². The lowest BCUT2D eigenvalue weighted by Crippen LogP contribution is -2.64. The summed E-state index contributed by atoms with van der Waals surface area (Å²) >= 11 is 15.6. The number of nitrogens with one attached hydrogen (secondary N) is 1. The van der Waals surface area contributed by atoms with Crippen molar-refractivity contribution in [3.8, 4) is 0 Å². The molecule has 21 heavy (non-hydrogen) atoms. The Morgan fingerprint density at radius 2 is 1.86 bits per heavy atom. The van der Waals surface area contributed by atoms with E-state index in [4.69, 9.17) is 23.2 Å². The molecule has 2 unspecified atom stereocenters. The topological polar surface area (TPSA) is 49.4 Å². The summed E-state index contributed by atoms with van der Waals surface area (Å²) in [7, 11) is 0. The quantitative estimate of drug-likeness (QED) is 0.780. The summed E-state index contributed by atoms with van der Waals surface area (Å²) in [6.45, 7) is 5.43. The predicted molar refractivity (Wildman–Crippen MR) is 87.9 cm³/mol. The van der Waals surface area contributed by atoms with Gasteiger partial charge in [0.05, 0.1) is 15.7 Å². The number of hydrogen-bond acceptors (Lipinski definition) is 2. The van der Waals surface area contributed by atoms with Gasteiger partial charge < -0.3 is 5.32 Å². The van der Waals surface area contributed by atoms with Crippen LogP contribution in [0.3, 0.4) is 0 Å². The van der Waals surface area contributed by atoms with Gasteiger partial charge in [-0.05, 0) is 40.9 Å². The maximum Gasteiger partial charge on any atom is 0.250 e. The lowest BCUT2D eigenvalue weighted by molar-refractivity contribution is -0.134. The smallest absolute Gasteiger partial charge is 0.250 e. The molecule has 1 N–H and O–H groups in total. The van der Waals surface area contributed by atoms with Crippen molar-refractivity contribution >= 4 is 56.6 Å². The zero-order valence-electron chi connectivity index (χ0n) is 11.8. The SMILES string of the molecule is CC(C)C1NC(=O)C(C)N(c2ccc(Br)c(Cl)c2Cl)C1=O. The highest BCUT2D eigenvalue weighted by Crippen LogP contribution is 2.39. The third-order valence-electron chi connectivity index (χ3n) is 3.51. The van der Waals surface area contributed by atoms with E-state index >= 15 is 0 Å². The lowest BCUT2D eigenvalue weighted by Gasteiger charge is -2.39. The second-order valence-electron chi connectivity index (χ2n) is 5.31. The molecule has 4 nitrogen and oxygen atoms in total. The standard InChI is InChI=1S/C14H15BrCl2N2O2/c1-6(2)12-14(21)19(7(3)13(20)18-12)9-5-4-8(15)10(16)11(9)17/h4-7,12H,1-3H3,(H,18,20).